The number of nitrogens with zero attached hydrogens (tertiary/aromatic N) is 4. The Kier molecular flexibility index (Phi) is 15.3. The first-order valence-electron chi connectivity index (χ1n) is 17.9. The molecule has 2 heterocycles. The molecule has 0 aliphatic rings. The standard InChI is InChI=1S/C27H37N3O4.C14H16IN3O2/c1-8-9-10-11-12-13-14-20-15-17-21(18-16-20)22-19-28-23(29-24(31)33-26(2,3)4)30(22)25(32)34-27(5,6)7;1-14(2,3)20-13(19)18-11(8-17-12(18)16)9-4-6-10(15)7-5-9/h15-19H,8-12H2,1-7H3,(H,28,29,31);4-8H,1-3H3,(H2,16,17). The van der Waals surface area contributed by atoms with Crippen LogP contribution in [0.15, 0.2) is 60.9 Å². The number of anilines is 2. The Bertz CT molecular complexity index is 1930. The molecular formula is C41H53IN6O6. The van der Waals surface area contributed by atoms with Gasteiger partial charge < -0.3 is 19.9 Å². The monoisotopic (exact) mass is 852 g/mol. The van der Waals surface area contributed by atoms with E-state index in [1.807, 2.05) is 69.3 Å². The minimum absolute atomic E-state index is 0.0226. The number of unbranched alkanes of at least 4 members (excludes halogenated alkanes) is 4. The van der Waals surface area contributed by atoms with Gasteiger partial charge in [0, 0.05) is 26.7 Å². The summed E-state index contributed by atoms with van der Waals surface area (Å²) in [5.74, 6) is 6.54. The SMILES string of the molecule is CC(C)(C)OC(=O)n1c(-c2ccc(I)cc2)cnc1N.CCCCCCC#Cc1ccc(-c2cnc(NC(=O)OC(C)(C)C)n2C(=O)OC(C)(C)C)cc1. The van der Waals surface area contributed by atoms with E-state index in [-0.39, 0.29) is 11.9 Å². The Balaban J connectivity index is 0.000000331. The molecule has 4 aromatic rings. The van der Waals surface area contributed by atoms with Gasteiger partial charge >= 0.3 is 18.3 Å². The summed E-state index contributed by atoms with van der Waals surface area (Å²) in [6.45, 7) is 18.2. The smallest absolute Gasteiger partial charge is 0.421 e. The lowest BCUT2D eigenvalue weighted by Gasteiger charge is -2.22. The summed E-state index contributed by atoms with van der Waals surface area (Å²) >= 11 is 2.22. The zero-order valence-electron chi connectivity index (χ0n) is 33.0. The third-order valence-electron chi connectivity index (χ3n) is 7.02. The summed E-state index contributed by atoms with van der Waals surface area (Å²) in [5, 5.41) is 2.55. The van der Waals surface area contributed by atoms with Crippen molar-refractivity contribution in [2.75, 3.05) is 11.1 Å². The lowest BCUT2D eigenvalue weighted by molar-refractivity contribution is 0.0529. The van der Waals surface area contributed by atoms with Gasteiger partial charge in [0.05, 0.1) is 23.8 Å². The van der Waals surface area contributed by atoms with Crippen LogP contribution in [0.25, 0.3) is 22.5 Å². The number of carbonyl (C=O) groups is 3. The lowest BCUT2D eigenvalue weighted by Crippen LogP contribution is -2.31. The second-order valence-corrected chi connectivity index (χ2v) is 16.7. The first-order chi connectivity index (χ1) is 25.2. The Hall–Kier alpha value is -4.84. The van der Waals surface area contributed by atoms with Crippen molar-refractivity contribution in [3.8, 4) is 34.4 Å². The molecule has 0 unspecified atom stereocenters. The van der Waals surface area contributed by atoms with Gasteiger partial charge in [0.25, 0.3) is 0 Å². The molecule has 13 heteroatoms. The third-order valence-corrected chi connectivity index (χ3v) is 7.74. The number of nitrogens with two attached hydrogens (primary N) is 1. The van der Waals surface area contributed by atoms with Gasteiger partial charge in [0.2, 0.25) is 11.9 Å². The van der Waals surface area contributed by atoms with Crippen molar-refractivity contribution in [2.45, 2.75) is 118 Å². The summed E-state index contributed by atoms with van der Waals surface area (Å²) in [7, 11) is 0. The maximum Gasteiger partial charge on any atom is 0.421 e. The summed E-state index contributed by atoms with van der Waals surface area (Å²) in [6, 6.07) is 15.3. The van der Waals surface area contributed by atoms with Gasteiger partial charge in [-0.2, -0.15) is 0 Å². The average Bonchev–Trinajstić information content (AvgIpc) is 3.64. The number of halogens is 1. The number of amides is 1. The number of hydrogen-bond donors (Lipinski definition) is 2. The number of nitrogens with one attached hydrogen (secondary N) is 1. The van der Waals surface area contributed by atoms with E-state index in [9.17, 15) is 14.4 Å². The highest BCUT2D eigenvalue weighted by atomic mass is 127. The minimum atomic E-state index is -0.724. The van der Waals surface area contributed by atoms with Crippen LogP contribution in [-0.4, -0.2) is 54.2 Å². The molecule has 12 nitrogen and oxygen atoms in total. The van der Waals surface area contributed by atoms with Crippen molar-refractivity contribution in [1.29, 1.82) is 0 Å². The van der Waals surface area contributed by atoms with Crippen LogP contribution in [0.2, 0.25) is 0 Å². The Morgan fingerprint density at radius 1 is 0.722 bits per heavy atom. The molecule has 290 valence electrons. The van der Waals surface area contributed by atoms with E-state index in [1.54, 1.807) is 47.7 Å². The van der Waals surface area contributed by atoms with Crippen molar-refractivity contribution < 1.29 is 28.6 Å². The molecule has 0 aliphatic carbocycles. The van der Waals surface area contributed by atoms with Crippen LogP contribution >= 0.6 is 22.6 Å². The first kappa shape index (κ1) is 43.6. The lowest BCUT2D eigenvalue weighted by atomic mass is 10.1. The maximum absolute atomic E-state index is 13.0. The molecule has 0 fully saturated rings. The second-order valence-electron chi connectivity index (χ2n) is 15.4. The molecule has 0 atom stereocenters. The van der Waals surface area contributed by atoms with Crippen molar-refractivity contribution in [1.82, 2.24) is 19.1 Å². The fraction of sp³-hybridized carbons (Fsp3) is 0.439. The van der Waals surface area contributed by atoms with Gasteiger partial charge in [-0.15, -0.1) is 0 Å². The van der Waals surface area contributed by atoms with E-state index >= 15 is 0 Å². The Labute approximate surface area is 332 Å². The summed E-state index contributed by atoms with van der Waals surface area (Å²) in [5.41, 5.74) is 7.38. The van der Waals surface area contributed by atoms with Crippen molar-refractivity contribution in [3.63, 3.8) is 0 Å². The van der Waals surface area contributed by atoms with E-state index in [4.69, 9.17) is 19.9 Å². The van der Waals surface area contributed by atoms with Crippen LogP contribution in [-0.2, 0) is 14.2 Å². The third kappa shape index (κ3) is 14.2. The van der Waals surface area contributed by atoms with E-state index in [0.29, 0.717) is 11.4 Å². The minimum Gasteiger partial charge on any atom is -0.444 e. The summed E-state index contributed by atoms with van der Waals surface area (Å²) < 4.78 is 19.8. The van der Waals surface area contributed by atoms with Gasteiger partial charge in [-0.25, -0.2) is 33.5 Å². The van der Waals surface area contributed by atoms with Crippen LogP contribution in [0.5, 0.6) is 0 Å². The number of nitrogen functional groups attached to an aromatic ring is 1. The number of benzene rings is 2. The highest BCUT2D eigenvalue weighted by Crippen LogP contribution is 2.27. The molecule has 0 radical (unpaired) electrons. The van der Waals surface area contributed by atoms with Crippen molar-refractivity contribution in [2.24, 2.45) is 0 Å². The topological polar surface area (TPSA) is 153 Å². The molecule has 4 rings (SSSR count). The largest absolute Gasteiger partial charge is 0.444 e. The number of imidazole rings is 2. The molecule has 0 bridgehead atoms. The predicted octanol–water partition coefficient (Wildman–Crippen LogP) is 10.5. The predicted molar refractivity (Wildman–Crippen MR) is 221 cm³/mol. The molecule has 0 saturated carbocycles. The first-order valence-corrected chi connectivity index (χ1v) is 19.0. The zero-order valence-corrected chi connectivity index (χ0v) is 35.2. The molecule has 0 spiro atoms. The highest BCUT2D eigenvalue weighted by Gasteiger charge is 2.27. The van der Waals surface area contributed by atoms with E-state index in [1.165, 1.54) is 34.6 Å². The number of rotatable bonds is 7. The fourth-order valence-corrected chi connectivity index (χ4v) is 5.11. The molecule has 0 saturated heterocycles. The van der Waals surface area contributed by atoms with Gasteiger partial charge in [-0.1, -0.05) is 62.3 Å². The van der Waals surface area contributed by atoms with Gasteiger partial charge in [0.1, 0.15) is 16.8 Å². The van der Waals surface area contributed by atoms with Crippen LogP contribution < -0.4 is 11.1 Å². The highest BCUT2D eigenvalue weighted by molar-refractivity contribution is 14.1. The number of ether oxygens (including phenoxy) is 3. The maximum atomic E-state index is 13.0. The molecule has 2 aromatic heterocycles. The van der Waals surface area contributed by atoms with Crippen LogP contribution in [0.4, 0.5) is 26.3 Å². The van der Waals surface area contributed by atoms with Gasteiger partial charge in [-0.05, 0) is 116 Å². The van der Waals surface area contributed by atoms with Crippen LogP contribution in [0.1, 0.15) is 107 Å². The number of hydrogen-bond acceptors (Lipinski definition) is 9. The van der Waals surface area contributed by atoms with E-state index < -0.39 is 35.1 Å². The molecule has 3 N–H and O–H groups in total. The van der Waals surface area contributed by atoms with Gasteiger partial charge in [0.15, 0.2) is 0 Å². The molecule has 2 aromatic carbocycles. The normalized spacial score (nSPS) is 11.4. The number of aromatic nitrogens is 4. The Morgan fingerprint density at radius 3 is 1.76 bits per heavy atom. The van der Waals surface area contributed by atoms with E-state index in [0.717, 1.165) is 33.1 Å². The second kappa shape index (κ2) is 19.0. The molecule has 54 heavy (non-hydrogen) atoms. The summed E-state index contributed by atoms with van der Waals surface area (Å²) in [4.78, 5) is 45.8. The molecule has 0 aliphatic heterocycles. The average molecular weight is 853 g/mol. The molecule has 1 amide bonds. The van der Waals surface area contributed by atoms with Crippen LogP contribution in [0.3, 0.4) is 0 Å². The van der Waals surface area contributed by atoms with Crippen LogP contribution in [0, 0.1) is 15.4 Å². The number of carbonyl (C=O) groups excluding carboxylic acids is 3. The van der Waals surface area contributed by atoms with Crippen molar-refractivity contribution in [3.05, 3.63) is 70.1 Å². The quantitative estimate of drug-likeness (QED) is 0.0801. The van der Waals surface area contributed by atoms with Gasteiger partial charge in [-0.3, -0.25) is 5.32 Å². The Morgan fingerprint density at radius 2 is 1.22 bits per heavy atom. The fourth-order valence-electron chi connectivity index (χ4n) is 4.75. The molecular weight excluding hydrogens is 799 g/mol. The van der Waals surface area contributed by atoms with E-state index in [2.05, 4.69) is 56.6 Å². The van der Waals surface area contributed by atoms with Crippen molar-refractivity contribution >= 4 is 52.8 Å². The summed E-state index contributed by atoms with van der Waals surface area (Å²) in [6.07, 6.45) is 6.86. The zero-order chi connectivity index (χ0) is 40.3.